The minimum Gasteiger partial charge on any atom is -0.467 e. The largest absolute Gasteiger partial charge is 0.467 e. The van der Waals surface area contributed by atoms with Crippen LogP contribution in [0.3, 0.4) is 0 Å². The van der Waals surface area contributed by atoms with E-state index < -0.39 is 34.9 Å². The second-order valence-corrected chi connectivity index (χ2v) is 8.04. The molecule has 37 heavy (non-hydrogen) atoms. The molecule has 10 heteroatoms. The van der Waals surface area contributed by atoms with E-state index in [0.29, 0.717) is 5.56 Å². The Labute approximate surface area is 208 Å². The first-order valence-corrected chi connectivity index (χ1v) is 11.0. The van der Waals surface area contributed by atoms with E-state index in [-0.39, 0.29) is 28.6 Å². The molecule has 0 aliphatic heterocycles. The second kappa shape index (κ2) is 10.2. The number of hydrogen-bond donors (Lipinski definition) is 2. The van der Waals surface area contributed by atoms with Crippen molar-refractivity contribution in [1.82, 2.24) is 10.3 Å². The van der Waals surface area contributed by atoms with Crippen LogP contribution in [0.1, 0.15) is 11.1 Å². The molecular formula is C27H21F3N2O5. The number of fused-ring (bicyclic) bond motifs is 1. The van der Waals surface area contributed by atoms with E-state index >= 15 is 0 Å². The molecule has 2 N–H and O–H groups in total. The number of amides is 1. The summed E-state index contributed by atoms with van der Waals surface area (Å²) >= 11 is 0. The number of esters is 1. The Morgan fingerprint density at radius 2 is 1.49 bits per heavy atom. The third kappa shape index (κ3) is 4.77. The maximum Gasteiger partial charge on any atom is 0.427 e. The fourth-order valence-electron chi connectivity index (χ4n) is 4.11. The van der Waals surface area contributed by atoms with Gasteiger partial charge in [0.05, 0.1) is 12.7 Å². The Balaban J connectivity index is 1.97. The van der Waals surface area contributed by atoms with Crippen molar-refractivity contribution in [3.05, 3.63) is 106 Å². The standard InChI is InChI=1S/C27H21F3N2O5/c1-36-24(34)26(27(28,29)30,32-25(35)37-16-17-10-4-2-5-11-17)22-21(18-12-6-3-7-13-18)19-14-8-9-15-20(19)31-23(22)33/h2-15H,16H2,1H3,(H,31,33)(H,32,35). The first kappa shape index (κ1) is 25.5. The molecule has 7 nitrogen and oxygen atoms in total. The number of benzene rings is 3. The van der Waals surface area contributed by atoms with E-state index in [1.165, 1.54) is 24.3 Å². The predicted molar refractivity (Wildman–Crippen MR) is 130 cm³/mol. The quantitative estimate of drug-likeness (QED) is 0.354. The number of hydrogen-bond acceptors (Lipinski definition) is 5. The van der Waals surface area contributed by atoms with Gasteiger partial charge in [-0.05, 0) is 17.2 Å². The van der Waals surface area contributed by atoms with Gasteiger partial charge in [-0.15, -0.1) is 0 Å². The summed E-state index contributed by atoms with van der Waals surface area (Å²) in [7, 11) is 0.733. The van der Waals surface area contributed by atoms with Gasteiger partial charge < -0.3 is 14.5 Å². The topological polar surface area (TPSA) is 97.5 Å². The van der Waals surface area contributed by atoms with Gasteiger partial charge in [0.2, 0.25) is 0 Å². The molecule has 1 heterocycles. The molecule has 0 radical (unpaired) electrons. The highest BCUT2D eigenvalue weighted by atomic mass is 19.4. The SMILES string of the molecule is COC(=O)C(NC(=O)OCc1ccccc1)(c1c(-c2ccccc2)c2ccccc2[nH]c1=O)C(F)(F)F. The number of para-hydroxylation sites is 1. The molecule has 0 aliphatic rings. The number of pyridine rings is 1. The van der Waals surface area contributed by atoms with Gasteiger partial charge in [-0.25, -0.2) is 9.59 Å². The van der Waals surface area contributed by atoms with E-state index in [1.807, 2.05) is 0 Å². The second-order valence-electron chi connectivity index (χ2n) is 8.04. The average Bonchev–Trinajstić information content (AvgIpc) is 2.90. The van der Waals surface area contributed by atoms with Crippen molar-refractivity contribution in [2.45, 2.75) is 18.3 Å². The first-order valence-electron chi connectivity index (χ1n) is 11.0. The lowest BCUT2D eigenvalue weighted by Crippen LogP contribution is -2.63. The van der Waals surface area contributed by atoms with Crippen molar-refractivity contribution in [2.75, 3.05) is 7.11 Å². The average molecular weight is 510 g/mol. The van der Waals surface area contributed by atoms with Crippen LogP contribution in [0.25, 0.3) is 22.0 Å². The van der Waals surface area contributed by atoms with Crippen LogP contribution in [-0.2, 0) is 26.4 Å². The van der Waals surface area contributed by atoms with Crippen molar-refractivity contribution in [3.63, 3.8) is 0 Å². The zero-order valence-electron chi connectivity index (χ0n) is 19.5. The Morgan fingerprint density at radius 3 is 2.11 bits per heavy atom. The van der Waals surface area contributed by atoms with Crippen LogP contribution in [0.5, 0.6) is 0 Å². The summed E-state index contributed by atoms with van der Waals surface area (Å²) in [6.07, 6.45) is -7.08. The summed E-state index contributed by atoms with van der Waals surface area (Å²) in [6, 6.07) is 22.2. The summed E-state index contributed by atoms with van der Waals surface area (Å²) < 4.78 is 54.5. The number of alkyl carbamates (subject to hydrolysis) is 1. The lowest BCUT2D eigenvalue weighted by molar-refractivity contribution is -0.213. The molecule has 0 saturated carbocycles. The van der Waals surface area contributed by atoms with Gasteiger partial charge in [0, 0.05) is 16.5 Å². The zero-order chi connectivity index (χ0) is 26.6. The molecule has 4 aromatic rings. The predicted octanol–water partition coefficient (Wildman–Crippen LogP) is 5.05. The fourth-order valence-corrected chi connectivity index (χ4v) is 4.11. The number of aromatic nitrogens is 1. The van der Waals surface area contributed by atoms with Crippen molar-refractivity contribution < 1.29 is 32.2 Å². The molecule has 4 rings (SSSR count). The lowest BCUT2D eigenvalue weighted by Gasteiger charge is -2.34. The maximum atomic E-state index is 15.0. The van der Waals surface area contributed by atoms with E-state index in [2.05, 4.69) is 9.72 Å². The van der Waals surface area contributed by atoms with Crippen molar-refractivity contribution in [2.24, 2.45) is 0 Å². The molecule has 190 valence electrons. The minimum absolute atomic E-state index is 0.189. The summed E-state index contributed by atoms with van der Waals surface area (Å²) in [4.78, 5) is 41.5. The third-order valence-corrected chi connectivity index (χ3v) is 5.78. The van der Waals surface area contributed by atoms with E-state index in [9.17, 15) is 27.6 Å². The summed E-state index contributed by atoms with van der Waals surface area (Å²) in [5, 5.41) is 1.87. The van der Waals surface area contributed by atoms with E-state index in [4.69, 9.17) is 4.74 Å². The molecule has 0 saturated heterocycles. The normalized spacial score (nSPS) is 13.0. The highest BCUT2D eigenvalue weighted by Gasteiger charge is 2.66. The van der Waals surface area contributed by atoms with E-state index in [1.54, 1.807) is 66.0 Å². The fraction of sp³-hybridized carbons (Fsp3) is 0.148. The van der Waals surface area contributed by atoms with Gasteiger partial charge in [-0.2, -0.15) is 13.2 Å². The summed E-state index contributed by atoms with van der Waals surface area (Å²) in [6.45, 7) is -0.374. The number of rotatable bonds is 6. The number of methoxy groups -OCH3 is 1. The number of halogens is 3. The van der Waals surface area contributed by atoms with Crippen LogP contribution < -0.4 is 10.9 Å². The van der Waals surface area contributed by atoms with Crippen molar-refractivity contribution >= 4 is 23.0 Å². The Bertz CT molecular complexity index is 1490. The number of ether oxygens (including phenoxy) is 2. The molecule has 3 aromatic carbocycles. The molecule has 0 spiro atoms. The number of nitrogens with one attached hydrogen (secondary N) is 2. The molecule has 0 aliphatic carbocycles. The number of carbonyl (C=O) groups excluding carboxylic acids is 2. The van der Waals surface area contributed by atoms with Crippen LogP contribution in [-0.4, -0.2) is 30.3 Å². The number of alkyl halides is 3. The minimum atomic E-state index is -5.51. The van der Waals surface area contributed by atoms with Crippen LogP contribution in [0.4, 0.5) is 18.0 Å². The molecule has 1 atom stereocenters. The smallest absolute Gasteiger partial charge is 0.427 e. The van der Waals surface area contributed by atoms with Gasteiger partial charge >= 0.3 is 18.2 Å². The van der Waals surface area contributed by atoms with Crippen LogP contribution >= 0.6 is 0 Å². The molecule has 1 aromatic heterocycles. The van der Waals surface area contributed by atoms with Crippen molar-refractivity contribution in [3.8, 4) is 11.1 Å². The van der Waals surface area contributed by atoms with Crippen LogP contribution in [0.2, 0.25) is 0 Å². The highest BCUT2D eigenvalue weighted by Crippen LogP contribution is 2.44. The highest BCUT2D eigenvalue weighted by molar-refractivity contribution is 6.00. The van der Waals surface area contributed by atoms with Gasteiger partial charge in [0.25, 0.3) is 11.1 Å². The first-order chi connectivity index (χ1) is 17.7. The monoisotopic (exact) mass is 510 g/mol. The molecule has 1 amide bonds. The number of aromatic amines is 1. The van der Waals surface area contributed by atoms with Gasteiger partial charge in [-0.1, -0.05) is 78.9 Å². The molecule has 0 fully saturated rings. The lowest BCUT2D eigenvalue weighted by atomic mass is 9.82. The van der Waals surface area contributed by atoms with Gasteiger partial charge in [-0.3, -0.25) is 10.1 Å². The van der Waals surface area contributed by atoms with Gasteiger partial charge in [0.1, 0.15) is 6.61 Å². The van der Waals surface area contributed by atoms with Crippen molar-refractivity contribution in [1.29, 1.82) is 0 Å². The Morgan fingerprint density at radius 1 is 0.892 bits per heavy atom. The third-order valence-electron chi connectivity index (χ3n) is 5.78. The summed E-state index contributed by atoms with van der Waals surface area (Å²) in [5.41, 5.74) is -5.40. The molecular weight excluding hydrogens is 489 g/mol. The van der Waals surface area contributed by atoms with Crippen LogP contribution in [0, 0.1) is 0 Å². The van der Waals surface area contributed by atoms with E-state index in [0.717, 1.165) is 7.11 Å². The van der Waals surface area contributed by atoms with Crippen LogP contribution in [0.15, 0.2) is 89.7 Å². The number of H-pyrrole nitrogens is 1. The summed E-state index contributed by atoms with van der Waals surface area (Å²) in [5.74, 6) is -1.91. The Kier molecular flexibility index (Phi) is 7.01. The molecule has 0 bridgehead atoms. The van der Waals surface area contributed by atoms with Gasteiger partial charge in [0.15, 0.2) is 0 Å². The maximum absolute atomic E-state index is 15.0. The number of carbonyl (C=O) groups is 2. The zero-order valence-corrected chi connectivity index (χ0v) is 19.5. The molecule has 1 unspecified atom stereocenters. The Hall–Kier alpha value is -4.60.